The monoisotopic (exact) mass is 581 g/mol. The van der Waals surface area contributed by atoms with Gasteiger partial charge in [0.25, 0.3) is 5.56 Å². The molecule has 1 saturated carbocycles. The van der Waals surface area contributed by atoms with Crippen LogP contribution in [-0.2, 0) is 7.05 Å². The summed E-state index contributed by atoms with van der Waals surface area (Å²) in [4.78, 5) is 22.3. The SMILES string of the molecule is CC[C@@H]1CN(c2cc(=O)n(C)c3ccc(C#N)nc23)[C@@H](C)CN1C(CC1CCCCC1)c1ccc(OC(F)(F)F)cc1. The van der Waals surface area contributed by atoms with Crippen molar-refractivity contribution >= 4 is 16.7 Å². The zero-order valence-corrected chi connectivity index (χ0v) is 24.4. The topological polar surface area (TPSA) is 74.4 Å². The highest BCUT2D eigenvalue weighted by Gasteiger charge is 2.38. The van der Waals surface area contributed by atoms with Crippen molar-refractivity contribution in [1.82, 2.24) is 14.5 Å². The first-order chi connectivity index (χ1) is 20.1. The highest BCUT2D eigenvalue weighted by atomic mass is 19.4. The van der Waals surface area contributed by atoms with E-state index in [0.717, 1.165) is 24.1 Å². The molecule has 10 heteroatoms. The minimum Gasteiger partial charge on any atom is -0.406 e. The van der Waals surface area contributed by atoms with Gasteiger partial charge in [0, 0.05) is 44.3 Å². The number of anilines is 1. The van der Waals surface area contributed by atoms with Crippen LogP contribution in [0.25, 0.3) is 11.0 Å². The predicted molar refractivity (Wildman–Crippen MR) is 156 cm³/mol. The van der Waals surface area contributed by atoms with Gasteiger partial charge in [-0.25, -0.2) is 4.98 Å². The molecular weight excluding hydrogens is 543 g/mol. The maximum atomic E-state index is 13.0. The maximum absolute atomic E-state index is 13.0. The van der Waals surface area contributed by atoms with Crippen molar-refractivity contribution in [2.45, 2.75) is 83.3 Å². The van der Waals surface area contributed by atoms with Gasteiger partial charge < -0.3 is 14.2 Å². The third-order valence-corrected chi connectivity index (χ3v) is 9.03. The highest BCUT2D eigenvalue weighted by molar-refractivity contribution is 5.89. The second-order valence-corrected chi connectivity index (χ2v) is 11.7. The molecular formula is C32H38F3N5O2. The Morgan fingerprint density at radius 3 is 2.45 bits per heavy atom. The summed E-state index contributed by atoms with van der Waals surface area (Å²) < 4.78 is 44.2. The second kappa shape index (κ2) is 12.3. The molecule has 1 aliphatic carbocycles. The van der Waals surface area contributed by atoms with Crippen LogP contribution >= 0.6 is 0 Å². The number of hydrogen-bond acceptors (Lipinski definition) is 6. The minimum absolute atomic E-state index is 0.0253. The van der Waals surface area contributed by atoms with E-state index in [2.05, 4.69) is 39.4 Å². The molecule has 3 atom stereocenters. The zero-order chi connectivity index (χ0) is 30.0. The molecule has 0 radical (unpaired) electrons. The van der Waals surface area contributed by atoms with Gasteiger partial charge in [-0.15, -0.1) is 13.2 Å². The molecule has 0 amide bonds. The molecule has 3 aromatic rings. The van der Waals surface area contributed by atoms with Gasteiger partial charge in [-0.3, -0.25) is 9.69 Å². The Balaban J connectivity index is 1.48. The molecule has 3 heterocycles. The summed E-state index contributed by atoms with van der Waals surface area (Å²) in [6, 6.07) is 13.7. The maximum Gasteiger partial charge on any atom is 0.573 e. The number of hydrogen-bond donors (Lipinski definition) is 0. The third-order valence-electron chi connectivity index (χ3n) is 9.03. The fourth-order valence-electron chi connectivity index (χ4n) is 6.83. The third kappa shape index (κ3) is 6.41. The fraction of sp³-hybridized carbons (Fsp3) is 0.531. The number of aromatic nitrogens is 2. The molecule has 2 aliphatic rings. The molecule has 0 bridgehead atoms. The van der Waals surface area contributed by atoms with Crippen molar-refractivity contribution in [3.05, 3.63) is 64.1 Å². The van der Waals surface area contributed by atoms with Crippen LogP contribution < -0.4 is 15.2 Å². The van der Waals surface area contributed by atoms with Crippen molar-refractivity contribution in [3.8, 4) is 11.8 Å². The molecule has 1 saturated heterocycles. The molecule has 42 heavy (non-hydrogen) atoms. The summed E-state index contributed by atoms with van der Waals surface area (Å²) in [7, 11) is 1.71. The molecule has 0 N–H and O–H groups in total. The van der Waals surface area contributed by atoms with E-state index in [1.54, 1.807) is 41.9 Å². The predicted octanol–water partition coefficient (Wildman–Crippen LogP) is 6.70. The van der Waals surface area contributed by atoms with Gasteiger partial charge in [-0.2, -0.15) is 5.26 Å². The lowest BCUT2D eigenvalue weighted by atomic mass is 9.82. The number of halogens is 3. The largest absolute Gasteiger partial charge is 0.573 e. The first kappa shape index (κ1) is 29.9. The first-order valence-electron chi connectivity index (χ1n) is 14.9. The fourth-order valence-corrected chi connectivity index (χ4v) is 6.83. The van der Waals surface area contributed by atoms with Gasteiger partial charge >= 0.3 is 6.36 Å². The van der Waals surface area contributed by atoms with Crippen molar-refractivity contribution in [1.29, 1.82) is 5.26 Å². The first-order valence-corrected chi connectivity index (χ1v) is 14.9. The van der Waals surface area contributed by atoms with Gasteiger partial charge in [0.1, 0.15) is 23.0 Å². The summed E-state index contributed by atoms with van der Waals surface area (Å²) in [5, 5.41) is 9.50. The summed E-state index contributed by atoms with van der Waals surface area (Å²) in [6.07, 6.45) is 3.10. The molecule has 224 valence electrons. The standard InChI is InChI=1S/C32H38F3N5O2/c1-4-25-20-39(29-17-30(41)38(3)27-15-12-24(18-36)37-31(27)29)21(2)19-40(25)28(16-22-8-6-5-7-9-22)23-10-13-26(14-11-23)42-32(33,34)35/h10-15,17,21-22,25,28H,4-9,16,19-20H2,1-3H3/t21-,25+,28?/m0/s1. The van der Waals surface area contributed by atoms with Crippen LogP contribution in [0, 0.1) is 17.2 Å². The number of pyridine rings is 2. The van der Waals surface area contributed by atoms with E-state index >= 15 is 0 Å². The lowest BCUT2D eigenvalue weighted by molar-refractivity contribution is -0.274. The number of ether oxygens (including phenoxy) is 1. The van der Waals surface area contributed by atoms with Crippen molar-refractivity contribution in [2.24, 2.45) is 13.0 Å². The zero-order valence-electron chi connectivity index (χ0n) is 24.4. The van der Waals surface area contributed by atoms with Gasteiger partial charge in [0.2, 0.25) is 0 Å². The summed E-state index contributed by atoms with van der Waals surface area (Å²) in [5.74, 6) is 0.352. The Morgan fingerprint density at radius 1 is 1.10 bits per heavy atom. The van der Waals surface area contributed by atoms with E-state index < -0.39 is 6.36 Å². The van der Waals surface area contributed by atoms with E-state index in [9.17, 15) is 23.2 Å². The van der Waals surface area contributed by atoms with Crippen LogP contribution in [0.5, 0.6) is 5.75 Å². The highest BCUT2D eigenvalue weighted by Crippen LogP contribution is 2.40. The average Bonchev–Trinajstić information content (AvgIpc) is 2.98. The van der Waals surface area contributed by atoms with Crippen LogP contribution in [-0.4, -0.2) is 46.0 Å². The Morgan fingerprint density at radius 2 is 1.81 bits per heavy atom. The van der Waals surface area contributed by atoms with E-state index in [-0.39, 0.29) is 29.4 Å². The Hall–Kier alpha value is -3.58. The molecule has 1 unspecified atom stereocenters. The second-order valence-electron chi connectivity index (χ2n) is 11.7. The summed E-state index contributed by atoms with van der Waals surface area (Å²) in [5.41, 5.74) is 3.19. The molecule has 1 aliphatic heterocycles. The number of fused-ring (bicyclic) bond motifs is 1. The van der Waals surface area contributed by atoms with Gasteiger partial charge in [0.15, 0.2) is 0 Å². The van der Waals surface area contributed by atoms with Crippen molar-refractivity contribution < 1.29 is 17.9 Å². The number of nitrogens with zero attached hydrogens (tertiary/aromatic N) is 5. The molecule has 7 nitrogen and oxygen atoms in total. The number of aryl methyl sites for hydroxylation is 1. The molecule has 1 aromatic carbocycles. The van der Waals surface area contributed by atoms with Gasteiger partial charge in [-0.1, -0.05) is 51.2 Å². The normalized spacial score (nSPS) is 21.3. The van der Waals surface area contributed by atoms with E-state index in [1.165, 1.54) is 44.2 Å². The number of benzene rings is 1. The summed E-state index contributed by atoms with van der Waals surface area (Å²) >= 11 is 0. The van der Waals surface area contributed by atoms with Crippen molar-refractivity contribution in [3.63, 3.8) is 0 Å². The van der Waals surface area contributed by atoms with Crippen LogP contribution in [0.15, 0.2) is 47.3 Å². The Labute approximate surface area is 244 Å². The minimum atomic E-state index is -4.73. The number of rotatable bonds is 7. The molecule has 0 spiro atoms. The van der Waals surface area contributed by atoms with Gasteiger partial charge in [-0.05, 0) is 55.5 Å². The average molecular weight is 582 g/mol. The quantitative estimate of drug-likeness (QED) is 0.309. The molecule has 2 aromatic heterocycles. The number of piperazine rings is 1. The van der Waals surface area contributed by atoms with Crippen molar-refractivity contribution in [2.75, 3.05) is 18.0 Å². The number of nitriles is 1. The lowest BCUT2D eigenvalue weighted by Gasteiger charge is -2.50. The smallest absolute Gasteiger partial charge is 0.406 e. The van der Waals surface area contributed by atoms with E-state index in [1.807, 2.05) is 0 Å². The van der Waals surface area contributed by atoms with E-state index in [4.69, 9.17) is 0 Å². The molecule has 2 fully saturated rings. The lowest BCUT2D eigenvalue weighted by Crippen LogP contribution is -2.58. The van der Waals surface area contributed by atoms with Crippen LogP contribution in [0.2, 0.25) is 0 Å². The molecule has 5 rings (SSSR count). The van der Waals surface area contributed by atoms with Gasteiger partial charge in [0.05, 0.1) is 11.2 Å². The number of alkyl halides is 3. The summed E-state index contributed by atoms with van der Waals surface area (Å²) in [6.45, 7) is 5.66. The van der Waals surface area contributed by atoms with E-state index in [0.29, 0.717) is 35.7 Å². The van der Waals surface area contributed by atoms with Crippen LogP contribution in [0.4, 0.5) is 18.9 Å². The van der Waals surface area contributed by atoms with Crippen LogP contribution in [0.3, 0.4) is 0 Å². The Kier molecular flexibility index (Phi) is 8.78. The van der Waals surface area contributed by atoms with Crippen LogP contribution in [0.1, 0.15) is 76.1 Å². The Bertz CT molecular complexity index is 1490.